The molecule has 21 heavy (non-hydrogen) atoms. The Morgan fingerprint density at radius 2 is 2.14 bits per heavy atom. The first-order valence-corrected chi connectivity index (χ1v) is 6.48. The van der Waals surface area contributed by atoms with Crippen molar-refractivity contribution in [2.45, 2.75) is 19.8 Å². The van der Waals surface area contributed by atoms with Gasteiger partial charge in [-0.2, -0.15) is 0 Å². The minimum absolute atomic E-state index is 0.0145. The highest BCUT2D eigenvalue weighted by Crippen LogP contribution is 2.21. The number of nitrogens with zero attached hydrogens (tertiary/aromatic N) is 6. The molecule has 0 bridgehead atoms. The zero-order chi connectivity index (χ0) is 15.7. The Kier molecular flexibility index (Phi) is 3.93. The molecule has 1 N–H and O–H groups in total. The second-order valence-electron chi connectivity index (χ2n) is 4.27. The van der Waals surface area contributed by atoms with E-state index in [1.807, 2.05) is 13.8 Å². The smallest absolute Gasteiger partial charge is 0.476 e. The Morgan fingerprint density at radius 1 is 1.48 bits per heavy atom. The molecule has 10 nitrogen and oxygen atoms in total. The Bertz CT molecular complexity index is 728. The van der Waals surface area contributed by atoms with Gasteiger partial charge in [0.05, 0.1) is 6.20 Å². The molecule has 0 saturated carbocycles. The zero-order valence-electron chi connectivity index (χ0n) is 10.9. The van der Waals surface area contributed by atoms with Crippen LogP contribution in [-0.2, 0) is 0 Å². The van der Waals surface area contributed by atoms with E-state index in [9.17, 15) is 20.0 Å². The quantitative estimate of drug-likeness (QED) is 0.643. The molecule has 0 radical (unpaired) electrons. The van der Waals surface area contributed by atoms with E-state index in [-0.39, 0.29) is 22.0 Å². The maximum Gasteiger partial charge on any atom is 0.492 e. The summed E-state index contributed by atoms with van der Waals surface area (Å²) in [5.74, 6) is -1.67. The van der Waals surface area contributed by atoms with Crippen molar-refractivity contribution in [2.24, 2.45) is 0 Å². The third-order valence-corrected chi connectivity index (χ3v) is 2.97. The highest BCUT2D eigenvalue weighted by molar-refractivity contribution is 9.10. The molecule has 0 saturated heterocycles. The first-order chi connectivity index (χ1) is 9.81. The van der Waals surface area contributed by atoms with Gasteiger partial charge < -0.3 is 15.2 Å². The molecular weight excluding hydrogens is 348 g/mol. The molecule has 2 aromatic rings. The molecule has 0 aliphatic heterocycles. The number of carbonyl (C=O) groups is 1. The number of nitro groups is 1. The molecule has 0 aliphatic carbocycles. The van der Waals surface area contributed by atoms with Gasteiger partial charge in [0.1, 0.15) is 11.5 Å². The molecule has 2 aromatic heterocycles. The lowest BCUT2D eigenvalue weighted by Crippen LogP contribution is -2.13. The summed E-state index contributed by atoms with van der Waals surface area (Å²) in [4.78, 5) is 32.8. The Balaban J connectivity index is 2.63. The average Bonchev–Trinajstić information content (AvgIpc) is 2.80. The summed E-state index contributed by atoms with van der Waals surface area (Å²) in [5, 5.41) is 23.5. The molecule has 0 fully saturated rings. The van der Waals surface area contributed by atoms with Gasteiger partial charge in [-0.1, -0.05) is 13.8 Å². The van der Waals surface area contributed by atoms with Gasteiger partial charge in [0.25, 0.3) is 4.73 Å². The Morgan fingerprint density at radius 3 is 2.62 bits per heavy atom. The van der Waals surface area contributed by atoms with Gasteiger partial charge in [-0.25, -0.2) is 14.8 Å². The second-order valence-corrected chi connectivity index (χ2v) is 4.98. The van der Waals surface area contributed by atoms with E-state index in [2.05, 4.69) is 36.0 Å². The van der Waals surface area contributed by atoms with E-state index in [0.29, 0.717) is 5.82 Å². The zero-order valence-corrected chi connectivity index (χ0v) is 12.5. The van der Waals surface area contributed by atoms with Crippen molar-refractivity contribution in [3.05, 3.63) is 32.6 Å². The molecule has 2 rings (SSSR count). The molecule has 2 heterocycles. The van der Waals surface area contributed by atoms with Gasteiger partial charge in [0, 0.05) is 26.9 Å². The fourth-order valence-electron chi connectivity index (χ4n) is 1.49. The molecule has 0 aliphatic rings. The molecular formula is C10H9BrN6O4. The predicted molar refractivity (Wildman–Crippen MR) is 72.4 cm³/mol. The van der Waals surface area contributed by atoms with Gasteiger partial charge in [-0.3, -0.25) is 0 Å². The first kappa shape index (κ1) is 15.0. The summed E-state index contributed by atoms with van der Waals surface area (Å²) in [6.07, 6.45) is 1.24. The summed E-state index contributed by atoms with van der Waals surface area (Å²) < 4.78 is 0.948. The number of aromatic nitrogens is 5. The average molecular weight is 357 g/mol. The highest BCUT2D eigenvalue weighted by atomic mass is 79.9. The van der Waals surface area contributed by atoms with Crippen LogP contribution in [-0.4, -0.2) is 40.7 Å². The Labute approximate surface area is 126 Å². The SMILES string of the molecule is CC(C)c1ncc(-n2nc([N+](=O)[O-])nc2Br)c(C(=O)O)n1. The van der Waals surface area contributed by atoms with Gasteiger partial charge in [0.15, 0.2) is 5.69 Å². The number of hydrogen-bond donors (Lipinski definition) is 1. The molecule has 0 amide bonds. The Hall–Kier alpha value is -2.43. The van der Waals surface area contributed by atoms with Crippen LogP contribution in [0.1, 0.15) is 36.1 Å². The van der Waals surface area contributed by atoms with Crippen molar-refractivity contribution in [3.63, 3.8) is 0 Å². The minimum Gasteiger partial charge on any atom is -0.476 e. The van der Waals surface area contributed by atoms with Crippen LogP contribution in [0, 0.1) is 10.1 Å². The van der Waals surface area contributed by atoms with Crippen molar-refractivity contribution in [1.29, 1.82) is 0 Å². The molecule has 0 aromatic carbocycles. The third-order valence-electron chi connectivity index (χ3n) is 2.46. The largest absolute Gasteiger partial charge is 0.492 e. The maximum absolute atomic E-state index is 11.3. The minimum atomic E-state index is -1.29. The number of rotatable bonds is 4. The lowest BCUT2D eigenvalue weighted by Gasteiger charge is -2.07. The van der Waals surface area contributed by atoms with Crippen LogP contribution >= 0.6 is 15.9 Å². The fraction of sp³-hybridized carbons (Fsp3) is 0.300. The number of aromatic carboxylic acids is 1. The molecule has 11 heteroatoms. The van der Waals surface area contributed by atoms with Crippen molar-refractivity contribution in [3.8, 4) is 5.69 Å². The number of carboxylic acids is 1. The first-order valence-electron chi connectivity index (χ1n) is 5.68. The van der Waals surface area contributed by atoms with Crippen molar-refractivity contribution in [2.75, 3.05) is 0 Å². The van der Waals surface area contributed by atoms with Crippen LogP contribution in [0.2, 0.25) is 0 Å². The summed E-state index contributed by atoms with van der Waals surface area (Å²) in [7, 11) is 0. The van der Waals surface area contributed by atoms with Gasteiger partial charge in [0.2, 0.25) is 0 Å². The van der Waals surface area contributed by atoms with E-state index in [0.717, 1.165) is 4.68 Å². The number of halogens is 1. The van der Waals surface area contributed by atoms with Crippen LogP contribution in [0.3, 0.4) is 0 Å². The van der Waals surface area contributed by atoms with Crippen LogP contribution in [0.15, 0.2) is 10.9 Å². The van der Waals surface area contributed by atoms with Gasteiger partial charge in [-0.05, 0) is 9.91 Å². The van der Waals surface area contributed by atoms with Crippen molar-refractivity contribution < 1.29 is 14.8 Å². The standard InChI is InChI=1S/C10H9BrN6O4/c1-4(2)7-12-3-5(6(13-7)8(18)19)16-9(11)14-10(15-16)17(20)21/h3-4H,1-2H3,(H,18,19). The van der Waals surface area contributed by atoms with Crippen molar-refractivity contribution in [1.82, 2.24) is 24.7 Å². The summed E-state index contributed by atoms with van der Waals surface area (Å²) in [5.41, 5.74) is -0.325. The lowest BCUT2D eigenvalue weighted by atomic mass is 10.2. The topological polar surface area (TPSA) is 137 Å². The summed E-state index contributed by atoms with van der Waals surface area (Å²) in [6.45, 7) is 3.63. The number of carboxylic acid groups (broad SMARTS) is 1. The monoisotopic (exact) mass is 356 g/mol. The second kappa shape index (κ2) is 5.52. The maximum atomic E-state index is 11.3. The van der Waals surface area contributed by atoms with Crippen LogP contribution in [0.4, 0.5) is 5.95 Å². The number of hydrogen-bond acceptors (Lipinski definition) is 7. The van der Waals surface area contributed by atoms with Crippen LogP contribution < -0.4 is 0 Å². The van der Waals surface area contributed by atoms with Gasteiger partial charge >= 0.3 is 11.9 Å². The molecule has 0 spiro atoms. The highest BCUT2D eigenvalue weighted by Gasteiger charge is 2.26. The van der Waals surface area contributed by atoms with Crippen LogP contribution in [0.5, 0.6) is 0 Å². The molecule has 0 unspecified atom stereocenters. The molecule has 110 valence electrons. The molecule has 0 atom stereocenters. The van der Waals surface area contributed by atoms with E-state index >= 15 is 0 Å². The van der Waals surface area contributed by atoms with E-state index < -0.39 is 16.8 Å². The predicted octanol–water partition coefficient (Wildman–Crippen LogP) is 1.55. The van der Waals surface area contributed by atoms with E-state index in [1.54, 1.807) is 0 Å². The normalized spacial score (nSPS) is 10.9. The summed E-state index contributed by atoms with van der Waals surface area (Å²) in [6, 6.07) is 0. The van der Waals surface area contributed by atoms with Crippen LogP contribution in [0.25, 0.3) is 5.69 Å². The summed E-state index contributed by atoms with van der Waals surface area (Å²) >= 11 is 2.99. The van der Waals surface area contributed by atoms with Gasteiger partial charge in [-0.15, -0.1) is 4.68 Å². The van der Waals surface area contributed by atoms with E-state index in [4.69, 9.17) is 0 Å². The van der Waals surface area contributed by atoms with Crippen molar-refractivity contribution >= 4 is 27.8 Å². The lowest BCUT2D eigenvalue weighted by molar-refractivity contribution is -0.394. The third kappa shape index (κ3) is 2.86. The fourth-order valence-corrected chi connectivity index (χ4v) is 1.92. The van der Waals surface area contributed by atoms with E-state index in [1.165, 1.54) is 6.20 Å².